The van der Waals surface area contributed by atoms with Crippen LogP contribution in [0.3, 0.4) is 0 Å². The second kappa shape index (κ2) is 24.9. The van der Waals surface area contributed by atoms with Crippen LogP contribution in [0, 0.1) is 17.3 Å². The first-order chi connectivity index (χ1) is 22.3. The molecule has 266 valence electrons. The van der Waals surface area contributed by atoms with Crippen LogP contribution in [0.25, 0.3) is 0 Å². The van der Waals surface area contributed by atoms with Gasteiger partial charge in [-0.2, -0.15) is 0 Å². The first kappa shape index (κ1) is 41.0. The lowest BCUT2D eigenvalue weighted by molar-refractivity contribution is -0.148. The maximum absolute atomic E-state index is 12.1. The van der Waals surface area contributed by atoms with E-state index in [1.165, 1.54) is 83.5 Å². The summed E-state index contributed by atoms with van der Waals surface area (Å²) in [5, 5.41) is 21.2. The van der Waals surface area contributed by atoms with Crippen molar-refractivity contribution in [2.45, 2.75) is 192 Å². The van der Waals surface area contributed by atoms with Crippen LogP contribution in [0.5, 0.6) is 0 Å². The molecule has 6 heteroatoms. The number of unbranched alkanes of at least 4 members (excludes halogenated alkanes) is 14. The highest BCUT2D eigenvalue weighted by Crippen LogP contribution is 2.48. The van der Waals surface area contributed by atoms with Gasteiger partial charge in [-0.1, -0.05) is 128 Å². The molecule has 5 atom stereocenters. The molecule has 5 nitrogen and oxygen atoms in total. The van der Waals surface area contributed by atoms with Crippen LogP contribution in [0.4, 0.5) is 0 Å². The number of Topliss-reactive ketones (excluding diaryl/α,β-unsaturated/α-hetero) is 1. The van der Waals surface area contributed by atoms with Gasteiger partial charge >= 0.3 is 5.97 Å². The van der Waals surface area contributed by atoms with E-state index in [1.54, 1.807) is 0 Å². The summed E-state index contributed by atoms with van der Waals surface area (Å²) >= 11 is 6.61. The fraction of sp³-hybridized carbons (Fsp3) is 0.850. The predicted octanol–water partition coefficient (Wildman–Crippen LogP) is 10.6. The molecule has 0 aromatic rings. The molecule has 0 unspecified atom stereocenters. The van der Waals surface area contributed by atoms with Crippen LogP contribution in [0.1, 0.15) is 174 Å². The Labute approximate surface area is 287 Å². The smallest absolute Gasteiger partial charge is 0.306 e. The topological polar surface area (TPSA) is 83.8 Å². The van der Waals surface area contributed by atoms with E-state index >= 15 is 0 Å². The average molecular weight is 665 g/mol. The van der Waals surface area contributed by atoms with Crippen molar-refractivity contribution < 1.29 is 24.5 Å². The Morgan fingerprint density at radius 3 is 2.02 bits per heavy atom. The van der Waals surface area contributed by atoms with E-state index in [1.807, 2.05) is 0 Å². The lowest BCUT2D eigenvalue weighted by Crippen LogP contribution is -2.40. The molecule has 2 aliphatic carbocycles. The minimum atomic E-state index is -0.454. The molecule has 2 saturated carbocycles. The number of carbonyl (C=O) groups excluding carboxylic acids is 2. The largest absolute Gasteiger partial charge is 0.458 e. The SMILES string of the molecule is CCCCCCCCCCCCCCCCC(=O)COC(=O)CCCC=CC[C@@H]1[C@@H](C=CC[C@H](O)C2(CC)CCC2)[C@H](O)C[C@H]1Cl. The van der Waals surface area contributed by atoms with Crippen LogP contribution >= 0.6 is 11.6 Å². The lowest BCUT2D eigenvalue weighted by atomic mass is 9.63. The Kier molecular flexibility index (Phi) is 22.2. The van der Waals surface area contributed by atoms with Gasteiger partial charge in [0.25, 0.3) is 0 Å². The number of aliphatic hydroxyl groups is 2. The summed E-state index contributed by atoms with van der Waals surface area (Å²) in [6.45, 7) is 4.33. The van der Waals surface area contributed by atoms with Gasteiger partial charge < -0.3 is 14.9 Å². The van der Waals surface area contributed by atoms with Gasteiger partial charge in [0.15, 0.2) is 5.78 Å². The molecule has 0 aromatic carbocycles. The fourth-order valence-electron chi connectivity index (χ4n) is 7.39. The molecule has 0 bridgehead atoms. The highest BCUT2D eigenvalue weighted by Gasteiger charge is 2.42. The minimum absolute atomic E-state index is 0.00429. The number of hydrogen-bond acceptors (Lipinski definition) is 5. The van der Waals surface area contributed by atoms with Gasteiger partial charge in [0.2, 0.25) is 0 Å². The molecule has 0 saturated heterocycles. The maximum Gasteiger partial charge on any atom is 0.306 e. The third-order valence-corrected chi connectivity index (χ3v) is 11.4. The van der Waals surface area contributed by atoms with Gasteiger partial charge in [-0.25, -0.2) is 0 Å². The molecule has 0 amide bonds. The van der Waals surface area contributed by atoms with E-state index in [-0.39, 0.29) is 47.1 Å². The lowest BCUT2D eigenvalue weighted by Gasteiger charge is -2.45. The molecule has 0 radical (unpaired) electrons. The zero-order valence-electron chi connectivity index (χ0n) is 29.6. The van der Waals surface area contributed by atoms with E-state index < -0.39 is 6.10 Å². The van der Waals surface area contributed by atoms with Crippen molar-refractivity contribution in [1.82, 2.24) is 0 Å². The number of alkyl halides is 1. The van der Waals surface area contributed by atoms with Crippen LogP contribution in [-0.2, 0) is 14.3 Å². The number of ketones is 1. The molecule has 0 aromatic heterocycles. The van der Waals surface area contributed by atoms with Gasteiger partial charge in [-0.15, -0.1) is 11.6 Å². The van der Waals surface area contributed by atoms with Crippen molar-refractivity contribution >= 4 is 23.4 Å². The molecule has 2 aliphatic rings. The summed E-state index contributed by atoms with van der Waals surface area (Å²) in [6.07, 6.45) is 34.3. The number of aliphatic hydroxyl groups excluding tert-OH is 2. The summed E-state index contributed by atoms with van der Waals surface area (Å²) in [7, 11) is 0. The zero-order valence-corrected chi connectivity index (χ0v) is 30.3. The van der Waals surface area contributed by atoms with Crippen molar-refractivity contribution in [2.24, 2.45) is 17.3 Å². The van der Waals surface area contributed by atoms with E-state index in [2.05, 4.69) is 38.2 Å². The third kappa shape index (κ3) is 16.3. The molecule has 2 fully saturated rings. The van der Waals surface area contributed by atoms with Gasteiger partial charge in [0, 0.05) is 24.1 Å². The molecular weight excluding hydrogens is 596 g/mol. The number of carbonyl (C=O) groups is 2. The summed E-state index contributed by atoms with van der Waals surface area (Å²) in [4.78, 5) is 24.2. The van der Waals surface area contributed by atoms with Crippen LogP contribution in [-0.4, -0.2) is 46.2 Å². The number of halogens is 1. The van der Waals surface area contributed by atoms with Crippen LogP contribution in [0.15, 0.2) is 24.3 Å². The van der Waals surface area contributed by atoms with Crippen molar-refractivity contribution in [3.8, 4) is 0 Å². The molecule has 0 heterocycles. The molecule has 0 aliphatic heterocycles. The number of hydrogen-bond donors (Lipinski definition) is 2. The normalized spacial score (nSPS) is 23.2. The quantitative estimate of drug-likeness (QED) is 0.0376. The van der Waals surface area contributed by atoms with Crippen molar-refractivity contribution in [1.29, 1.82) is 0 Å². The highest BCUT2D eigenvalue weighted by atomic mass is 35.5. The Bertz CT molecular complexity index is 860. The first-order valence-electron chi connectivity index (χ1n) is 19.3. The van der Waals surface area contributed by atoms with E-state index in [0.29, 0.717) is 32.1 Å². The predicted molar refractivity (Wildman–Crippen MR) is 192 cm³/mol. The van der Waals surface area contributed by atoms with Gasteiger partial charge in [-0.05, 0) is 69.1 Å². The first-order valence-corrected chi connectivity index (χ1v) is 19.8. The Morgan fingerprint density at radius 2 is 1.46 bits per heavy atom. The van der Waals surface area contributed by atoms with Crippen molar-refractivity contribution in [2.75, 3.05) is 6.61 Å². The zero-order chi connectivity index (χ0) is 33.5. The summed E-state index contributed by atoms with van der Waals surface area (Å²) in [5.41, 5.74) is 0.0866. The minimum Gasteiger partial charge on any atom is -0.458 e. The van der Waals surface area contributed by atoms with Crippen molar-refractivity contribution in [3.05, 3.63) is 24.3 Å². The van der Waals surface area contributed by atoms with E-state index in [4.69, 9.17) is 16.3 Å². The Morgan fingerprint density at radius 1 is 0.848 bits per heavy atom. The number of ether oxygens (including phenoxy) is 1. The molecule has 2 rings (SSSR count). The van der Waals surface area contributed by atoms with Gasteiger partial charge in [0.1, 0.15) is 6.61 Å². The highest BCUT2D eigenvalue weighted by molar-refractivity contribution is 6.21. The number of allylic oxidation sites excluding steroid dienone is 2. The van der Waals surface area contributed by atoms with Crippen LogP contribution in [0.2, 0.25) is 0 Å². The summed E-state index contributed by atoms with van der Waals surface area (Å²) in [6, 6.07) is 0. The maximum atomic E-state index is 12.1. The second-order valence-electron chi connectivity index (χ2n) is 14.5. The average Bonchev–Trinajstić information content (AvgIpc) is 3.28. The molecule has 2 N–H and O–H groups in total. The van der Waals surface area contributed by atoms with Crippen LogP contribution < -0.4 is 0 Å². The third-order valence-electron chi connectivity index (χ3n) is 10.9. The van der Waals surface area contributed by atoms with E-state index in [9.17, 15) is 19.8 Å². The Balaban J connectivity index is 1.46. The van der Waals surface area contributed by atoms with Gasteiger partial charge in [0.05, 0.1) is 12.2 Å². The fourth-order valence-corrected chi connectivity index (χ4v) is 7.84. The summed E-state index contributed by atoms with van der Waals surface area (Å²) < 4.78 is 5.21. The standard InChI is InChI=1S/C40H69ClO5/c1-3-5-6-7-8-9-10-11-12-13-14-15-16-19-24-33(42)32-46-39(45)28-21-18-17-20-25-34-35(37(43)31-36(34)41)26-22-27-38(44)40(4-2)29-23-30-40/h17,20,22,26,34-38,43-44H,3-16,18-19,21,23-25,27-32H2,1-2H3/t34-,35-,36-,37-,38+/m1/s1. The van der Waals surface area contributed by atoms with Crippen molar-refractivity contribution in [3.63, 3.8) is 0 Å². The number of esters is 1. The molecule has 0 spiro atoms. The second-order valence-corrected chi connectivity index (χ2v) is 15.0. The monoisotopic (exact) mass is 664 g/mol. The van der Waals surface area contributed by atoms with E-state index in [0.717, 1.165) is 44.9 Å². The van der Waals surface area contributed by atoms with Gasteiger partial charge in [-0.3, -0.25) is 9.59 Å². The molecule has 46 heavy (non-hydrogen) atoms. The molecular formula is C40H69ClO5. The number of rotatable bonds is 28. The summed E-state index contributed by atoms with van der Waals surface area (Å²) in [5.74, 6) is -0.134. The Hall–Kier alpha value is -1.17.